The molecule has 2 heterocycles. The maximum Gasteiger partial charge on any atom is 0.257 e. The van der Waals surface area contributed by atoms with E-state index in [0.29, 0.717) is 47.4 Å². The molecule has 1 amide bonds. The van der Waals surface area contributed by atoms with Crippen LogP contribution in [0.2, 0.25) is 0 Å². The Balaban J connectivity index is 1.28. The van der Waals surface area contributed by atoms with Crippen molar-refractivity contribution in [3.63, 3.8) is 0 Å². The summed E-state index contributed by atoms with van der Waals surface area (Å²) in [7, 11) is 1.61. The van der Waals surface area contributed by atoms with Gasteiger partial charge in [0, 0.05) is 35.7 Å². The second kappa shape index (κ2) is 9.74. The second-order valence-corrected chi connectivity index (χ2v) is 10.4. The summed E-state index contributed by atoms with van der Waals surface area (Å²) < 4.78 is 23.1. The number of rotatable bonds is 8. The number of fused-ring (bicyclic) bond motifs is 2. The van der Waals surface area contributed by atoms with Crippen LogP contribution >= 0.6 is 0 Å². The zero-order valence-corrected chi connectivity index (χ0v) is 22.1. The van der Waals surface area contributed by atoms with Crippen LogP contribution in [0.25, 0.3) is 17.0 Å². The minimum Gasteiger partial charge on any atom is -0.493 e. The zero-order chi connectivity index (χ0) is 27.1. The Kier molecular flexibility index (Phi) is 6.23. The van der Waals surface area contributed by atoms with Crippen LogP contribution in [0, 0.1) is 6.92 Å². The molecule has 1 fully saturated rings. The molecule has 0 bridgehead atoms. The molecule has 0 saturated heterocycles. The van der Waals surface area contributed by atoms with Gasteiger partial charge < -0.3 is 29.8 Å². The van der Waals surface area contributed by atoms with E-state index >= 15 is 0 Å². The van der Waals surface area contributed by atoms with E-state index in [1.54, 1.807) is 26.3 Å². The third-order valence-corrected chi connectivity index (χ3v) is 7.21. The fraction of sp³-hybridized carbons (Fsp3) is 0.300. The van der Waals surface area contributed by atoms with Gasteiger partial charge in [-0.25, -0.2) is 0 Å². The number of methoxy groups -OCH3 is 1. The van der Waals surface area contributed by atoms with Gasteiger partial charge >= 0.3 is 0 Å². The zero-order valence-electron chi connectivity index (χ0n) is 22.1. The first-order chi connectivity index (χ1) is 18.8. The molecule has 3 N–H and O–H groups in total. The topological polar surface area (TPSA) is 122 Å². The molecule has 6 rings (SSSR count). The molecule has 2 aliphatic rings. The number of allylic oxidation sites excluding steroid dienone is 1. The number of anilines is 1. The van der Waals surface area contributed by atoms with Crippen molar-refractivity contribution in [3.8, 4) is 17.2 Å². The van der Waals surface area contributed by atoms with Crippen molar-refractivity contribution in [3.05, 3.63) is 76.9 Å². The van der Waals surface area contributed by atoms with Gasteiger partial charge in [0.25, 0.3) is 5.91 Å². The van der Waals surface area contributed by atoms with Crippen LogP contribution in [0.5, 0.6) is 17.2 Å². The highest BCUT2D eigenvalue weighted by molar-refractivity contribution is 6.05. The molecule has 2 aromatic heterocycles. The molecule has 1 saturated carbocycles. The minimum absolute atomic E-state index is 0.0506. The Hall–Kier alpha value is -4.37. The molecule has 0 aliphatic heterocycles. The van der Waals surface area contributed by atoms with Gasteiger partial charge in [-0.2, -0.15) is 0 Å². The van der Waals surface area contributed by atoms with Gasteiger partial charge in [-0.3, -0.25) is 9.78 Å². The van der Waals surface area contributed by atoms with Crippen LogP contribution < -0.4 is 25.3 Å². The van der Waals surface area contributed by atoms with Gasteiger partial charge in [0.05, 0.1) is 18.2 Å². The predicted octanol–water partition coefficient (Wildman–Crippen LogP) is 5.59. The molecule has 39 heavy (non-hydrogen) atoms. The van der Waals surface area contributed by atoms with Gasteiger partial charge in [-0.1, -0.05) is 24.2 Å². The van der Waals surface area contributed by atoms with Crippen LogP contribution in [0.15, 0.2) is 58.9 Å². The largest absolute Gasteiger partial charge is 0.493 e. The molecule has 1 atom stereocenters. The van der Waals surface area contributed by atoms with Crippen LogP contribution in [0.3, 0.4) is 0 Å². The Bertz CT molecular complexity index is 1600. The highest BCUT2D eigenvalue weighted by Gasteiger charge is 2.39. The summed E-state index contributed by atoms with van der Waals surface area (Å²) in [5.74, 6) is 3.51. The van der Waals surface area contributed by atoms with Crippen molar-refractivity contribution >= 4 is 28.7 Å². The maximum atomic E-state index is 13.1. The number of hydrogen-bond acceptors (Lipinski definition) is 8. The molecule has 2 aliphatic carbocycles. The van der Waals surface area contributed by atoms with Crippen molar-refractivity contribution in [2.24, 2.45) is 5.73 Å². The maximum absolute atomic E-state index is 13.1. The van der Waals surface area contributed by atoms with Gasteiger partial charge in [-0.05, 0) is 61.1 Å². The molecule has 9 nitrogen and oxygen atoms in total. The van der Waals surface area contributed by atoms with E-state index in [1.807, 2.05) is 42.5 Å². The third-order valence-electron chi connectivity index (χ3n) is 7.21. The van der Waals surface area contributed by atoms with Gasteiger partial charge in [0.15, 0.2) is 17.3 Å². The monoisotopic (exact) mass is 526 g/mol. The molecule has 1 unspecified atom stereocenters. The Morgan fingerprint density at radius 1 is 1.18 bits per heavy atom. The molecule has 0 radical (unpaired) electrons. The van der Waals surface area contributed by atoms with E-state index in [1.165, 1.54) is 0 Å². The lowest BCUT2D eigenvalue weighted by Crippen LogP contribution is -2.29. The molecule has 9 heteroatoms. The standard InChI is InChI=1S/C30H30N4O5/c1-17-11-20(13-19-5-4-6-21(28(17)19)29(35)33-27-12-18(2)39-34-27)38-24-7-10-32-23-15-26(25(36-3)14-22(23)24)37-16-30(31)8-9-30/h4-7,10,12-15,17H,8-9,11,16,31H2,1-3H3,(H,33,34,35). The predicted molar refractivity (Wildman–Crippen MR) is 147 cm³/mol. The van der Waals surface area contributed by atoms with E-state index in [0.717, 1.165) is 40.6 Å². The van der Waals surface area contributed by atoms with Crippen molar-refractivity contribution in [1.82, 2.24) is 10.1 Å². The number of carbonyl (C=O) groups excluding carboxylic acids is 1. The molecular formula is C30H30N4O5. The van der Waals surface area contributed by atoms with Crippen LogP contribution in [0.1, 0.15) is 59.3 Å². The number of ether oxygens (including phenoxy) is 3. The highest BCUT2D eigenvalue weighted by atomic mass is 16.5. The number of aryl methyl sites for hydroxylation is 1. The lowest BCUT2D eigenvalue weighted by atomic mass is 9.84. The first-order valence-corrected chi connectivity index (χ1v) is 13.0. The normalized spacial score (nSPS) is 17.2. The smallest absolute Gasteiger partial charge is 0.257 e. The number of aromatic nitrogens is 2. The number of nitrogens with one attached hydrogen (secondary N) is 1. The van der Waals surface area contributed by atoms with Crippen LogP contribution in [-0.4, -0.2) is 35.3 Å². The van der Waals surface area contributed by atoms with Gasteiger partial charge in [-0.15, -0.1) is 0 Å². The first kappa shape index (κ1) is 24.9. The van der Waals surface area contributed by atoms with E-state index in [2.05, 4.69) is 22.4 Å². The fourth-order valence-electron chi connectivity index (χ4n) is 4.93. The molecule has 4 aromatic rings. The molecule has 200 valence electrons. The van der Waals surface area contributed by atoms with Crippen molar-refractivity contribution in [2.45, 2.75) is 44.6 Å². The Morgan fingerprint density at radius 2 is 2.03 bits per heavy atom. The minimum atomic E-state index is -0.242. The summed E-state index contributed by atoms with van der Waals surface area (Å²) in [5.41, 5.74) is 9.20. The number of hydrogen-bond donors (Lipinski definition) is 2. The Morgan fingerprint density at radius 3 is 2.77 bits per heavy atom. The van der Waals surface area contributed by atoms with Gasteiger partial charge in [0.2, 0.25) is 0 Å². The van der Waals surface area contributed by atoms with E-state index in [9.17, 15) is 4.79 Å². The number of nitrogens with two attached hydrogens (primary N) is 1. The summed E-state index contributed by atoms with van der Waals surface area (Å²) in [6.45, 7) is 4.31. The van der Waals surface area contributed by atoms with Gasteiger partial charge in [0.1, 0.15) is 23.9 Å². The highest BCUT2D eigenvalue weighted by Crippen LogP contribution is 2.41. The van der Waals surface area contributed by atoms with Crippen LogP contribution in [-0.2, 0) is 0 Å². The van der Waals surface area contributed by atoms with Crippen molar-refractivity contribution in [2.75, 3.05) is 19.0 Å². The van der Waals surface area contributed by atoms with Crippen LogP contribution in [0.4, 0.5) is 5.82 Å². The van der Waals surface area contributed by atoms with Crippen molar-refractivity contribution in [1.29, 1.82) is 0 Å². The third kappa shape index (κ3) is 5.05. The quantitative estimate of drug-likeness (QED) is 0.305. The second-order valence-electron chi connectivity index (χ2n) is 10.4. The van der Waals surface area contributed by atoms with E-state index in [-0.39, 0.29) is 17.4 Å². The number of benzene rings is 2. The first-order valence-electron chi connectivity index (χ1n) is 13.0. The Labute approximate surface area is 225 Å². The summed E-state index contributed by atoms with van der Waals surface area (Å²) in [5, 5.41) is 7.51. The summed E-state index contributed by atoms with van der Waals surface area (Å²) in [6, 6.07) is 13.0. The number of pyridine rings is 1. The summed E-state index contributed by atoms with van der Waals surface area (Å²) >= 11 is 0. The number of carbonyl (C=O) groups is 1. The molecule has 0 spiro atoms. The molecular weight excluding hydrogens is 496 g/mol. The van der Waals surface area contributed by atoms with E-state index in [4.69, 9.17) is 24.5 Å². The molecule has 2 aromatic carbocycles. The average Bonchev–Trinajstić information content (AvgIpc) is 3.53. The number of amides is 1. The fourth-order valence-corrected chi connectivity index (χ4v) is 4.93. The van der Waals surface area contributed by atoms with Crippen molar-refractivity contribution < 1.29 is 23.5 Å². The lowest BCUT2D eigenvalue weighted by molar-refractivity contribution is 0.102. The average molecular weight is 527 g/mol. The lowest BCUT2D eigenvalue weighted by Gasteiger charge is -2.25. The van der Waals surface area contributed by atoms with E-state index < -0.39 is 0 Å². The SMILES string of the molecule is COc1cc2c(OC3=Cc4cccc(C(=O)Nc5cc(C)on5)c4C(C)C3)ccnc2cc1OCC1(N)CC1. The summed E-state index contributed by atoms with van der Waals surface area (Å²) in [6.07, 6.45) is 6.26. The number of nitrogens with zero attached hydrogens (tertiary/aromatic N) is 2. The summed E-state index contributed by atoms with van der Waals surface area (Å²) in [4.78, 5) is 17.6.